The Kier molecular flexibility index (Phi) is 6.27. The van der Waals surface area contributed by atoms with Gasteiger partial charge in [-0.2, -0.15) is 0 Å². The number of carbonyl (C=O) groups is 1. The Bertz CT molecular complexity index is 627. The van der Waals surface area contributed by atoms with E-state index in [-0.39, 0.29) is 11.4 Å². The smallest absolute Gasteiger partial charge is 0.303 e. The molecule has 4 heteroatoms. The van der Waals surface area contributed by atoms with Gasteiger partial charge < -0.3 is 14.5 Å². The van der Waals surface area contributed by atoms with E-state index in [0.29, 0.717) is 6.04 Å². The Balaban J connectivity index is 2.02. The lowest BCUT2D eigenvalue weighted by molar-refractivity contribution is -0.199. The van der Waals surface area contributed by atoms with E-state index < -0.39 is 5.60 Å². The molecule has 2 aliphatic rings. The Hall–Kier alpha value is -1.39. The highest BCUT2D eigenvalue weighted by Gasteiger charge is 2.57. The van der Waals surface area contributed by atoms with E-state index in [4.69, 9.17) is 4.74 Å². The first-order chi connectivity index (χ1) is 12.9. The average molecular weight is 373 g/mol. The van der Waals surface area contributed by atoms with Gasteiger partial charge in [0.1, 0.15) is 5.60 Å². The van der Waals surface area contributed by atoms with Gasteiger partial charge in [-0.05, 0) is 45.5 Å². The zero-order valence-corrected chi connectivity index (χ0v) is 17.5. The van der Waals surface area contributed by atoms with Crippen molar-refractivity contribution >= 4 is 5.97 Å². The van der Waals surface area contributed by atoms with Crippen LogP contribution in [-0.4, -0.2) is 55.0 Å². The number of benzene rings is 1. The van der Waals surface area contributed by atoms with Crippen molar-refractivity contribution in [3.63, 3.8) is 0 Å². The van der Waals surface area contributed by atoms with Crippen LogP contribution in [0.5, 0.6) is 0 Å². The molecule has 4 nitrogen and oxygen atoms in total. The van der Waals surface area contributed by atoms with E-state index in [1.54, 1.807) is 6.92 Å². The molecule has 0 saturated carbocycles. The second kappa shape index (κ2) is 8.32. The van der Waals surface area contributed by atoms with Crippen LogP contribution in [0.15, 0.2) is 30.3 Å². The zero-order chi connectivity index (χ0) is 19.5. The summed E-state index contributed by atoms with van der Waals surface area (Å²) >= 11 is 0. The summed E-state index contributed by atoms with van der Waals surface area (Å²) in [5.41, 5.74) is 0.390. The number of rotatable bonds is 4. The molecule has 3 unspecified atom stereocenters. The molecule has 0 radical (unpaired) electrons. The van der Waals surface area contributed by atoms with E-state index >= 15 is 0 Å². The SMILES string of the molecule is CC(=O)OC1(c2ccccc2)CC(C)N(C)CC1(C)CN1CCCCCC1. The Morgan fingerprint density at radius 1 is 1.15 bits per heavy atom. The number of carbonyl (C=O) groups excluding carboxylic acids is 1. The van der Waals surface area contributed by atoms with Gasteiger partial charge in [0.15, 0.2) is 0 Å². The number of hydrogen-bond acceptors (Lipinski definition) is 4. The summed E-state index contributed by atoms with van der Waals surface area (Å²) in [6, 6.07) is 10.8. The summed E-state index contributed by atoms with van der Waals surface area (Å²) in [7, 11) is 2.20. The molecule has 0 N–H and O–H groups in total. The highest BCUT2D eigenvalue weighted by atomic mass is 16.6. The molecular weight excluding hydrogens is 336 g/mol. The maximum absolute atomic E-state index is 12.3. The van der Waals surface area contributed by atoms with Crippen LogP contribution in [-0.2, 0) is 15.1 Å². The van der Waals surface area contributed by atoms with Crippen molar-refractivity contribution in [2.24, 2.45) is 5.41 Å². The van der Waals surface area contributed by atoms with Gasteiger partial charge in [0.05, 0.1) is 0 Å². The quantitative estimate of drug-likeness (QED) is 0.747. The van der Waals surface area contributed by atoms with Crippen LogP contribution in [0.1, 0.15) is 58.4 Å². The molecule has 1 aromatic rings. The minimum atomic E-state index is -0.585. The largest absolute Gasteiger partial charge is 0.454 e. The maximum Gasteiger partial charge on any atom is 0.303 e. The van der Waals surface area contributed by atoms with Crippen molar-refractivity contribution in [3.8, 4) is 0 Å². The number of esters is 1. The fourth-order valence-electron chi connectivity index (χ4n) is 5.26. The van der Waals surface area contributed by atoms with Gasteiger partial charge in [0, 0.05) is 37.9 Å². The molecule has 27 heavy (non-hydrogen) atoms. The van der Waals surface area contributed by atoms with Crippen molar-refractivity contribution in [1.29, 1.82) is 0 Å². The fourth-order valence-corrected chi connectivity index (χ4v) is 5.26. The van der Waals surface area contributed by atoms with Gasteiger partial charge in [-0.1, -0.05) is 50.1 Å². The van der Waals surface area contributed by atoms with Gasteiger partial charge in [0.25, 0.3) is 0 Å². The summed E-state index contributed by atoms with van der Waals surface area (Å²) in [6.45, 7) is 10.3. The van der Waals surface area contributed by atoms with Crippen molar-refractivity contribution < 1.29 is 9.53 Å². The Morgan fingerprint density at radius 2 is 1.78 bits per heavy atom. The summed E-state index contributed by atoms with van der Waals surface area (Å²) < 4.78 is 6.28. The summed E-state index contributed by atoms with van der Waals surface area (Å²) in [5, 5.41) is 0. The molecule has 2 aliphatic heterocycles. The van der Waals surface area contributed by atoms with Gasteiger partial charge in [-0.25, -0.2) is 0 Å². The molecule has 2 heterocycles. The van der Waals surface area contributed by atoms with Gasteiger partial charge in [0.2, 0.25) is 0 Å². The third kappa shape index (κ3) is 4.22. The normalized spacial score (nSPS) is 33.4. The van der Waals surface area contributed by atoms with E-state index in [9.17, 15) is 4.79 Å². The van der Waals surface area contributed by atoms with E-state index in [1.807, 2.05) is 6.07 Å². The second-order valence-electron chi connectivity index (χ2n) is 9.01. The highest BCUT2D eigenvalue weighted by Crippen LogP contribution is 2.51. The topological polar surface area (TPSA) is 32.8 Å². The van der Waals surface area contributed by atoms with Crippen molar-refractivity contribution in [3.05, 3.63) is 35.9 Å². The molecule has 0 aromatic heterocycles. The Labute approximate surface area is 164 Å². The molecule has 0 aliphatic carbocycles. The first kappa shape index (κ1) is 20.3. The molecule has 3 rings (SSSR count). The lowest BCUT2D eigenvalue weighted by atomic mass is 9.63. The third-order valence-corrected chi connectivity index (χ3v) is 6.74. The first-order valence-electron chi connectivity index (χ1n) is 10.5. The van der Waals surface area contributed by atoms with E-state index in [1.165, 1.54) is 25.7 Å². The van der Waals surface area contributed by atoms with Crippen LogP contribution in [0, 0.1) is 5.41 Å². The van der Waals surface area contributed by atoms with Crippen LogP contribution in [0.3, 0.4) is 0 Å². The minimum Gasteiger partial charge on any atom is -0.454 e. The molecule has 0 amide bonds. The van der Waals surface area contributed by atoms with Crippen LogP contribution in [0.25, 0.3) is 0 Å². The molecular formula is C23H36N2O2. The van der Waals surface area contributed by atoms with Crippen LogP contribution < -0.4 is 0 Å². The first-order valence-corrected chi connectivity index (χ1v) is 10.5. The molecule has 2 saturated heterocycles. The molecule has 1 aromatic carbocycles. The highest BCUT2D eigenvalue weighted by molar-refractivity contribution is 5.67. The lowest BCUT2D eigenvalue weighted by Gasteiger charge is -2.56. The standard InChI is InChI=1S/C23H36N2O2/c1-19-16-23(27-20(2)26,21-12-8-7-9-13-21)22(3,17-24(19)4)18-25-14-10-5-6-11-15-25/h7-9,12-13,19H,5-6,10-11,14-18H2,1-4H3. The van der Waals surface area contributed by atoms with Crippen LogP contribution >= 0.6 is 0 Å². The average Bonchev–Trinajstić information content (AvgIpc) is 2.88. The fraction of sp³-hybridized carbons (Fsp3) is 0.696. The number of piperidine rings is 1. The Morgan fingerprint density at radius 3 is 2.37 bits per heavy atom. The molecule has 0 bridgehead atoms. The number of likely N-dealkylation sites (tertiary alicyclic amines) is 2. The second-order valence-corrected chi connectivity index (χ2v) is 9.01. The van der Waals surface area contributed by atoms with Crippen molar-refractivity contribution in [2.75, 3.05) is 33.2 Å². The van der Waals surface area contributed by atoms with Crippen molar-refractivity contribution in [1.82, 2.24) is 9.80 Å². The third-order valence-electron chi connectivity index (χ3n) is 6.74. The van der Waals surface area contributed by atoms with Gasteiger partial charge >= 0.3 is 5.97 Å². The van der Waals surface area contributed by atoms with Gasteiger partial charge in [-0.15, -0.1) is 0 Å². The number of hydrogen-bond donors (Lipinski definition) is 0. The zero-order valence-electron chi connectivity index (χ0n) is 17.5. The molecule has 0 spiro atoms. The lowest BCUT2D eigenvalue weighted by Crippen LogP contribution is -2.63. The summed E-state index contributed by atoms with van der Waals surface area (Å²) in [4.78, 5) is 17.3. The predicted octanol–water partition coefficient (Wildman–Crippen LogP) is 4.05. The van der Waals surface area contributed by atoms with E-state index in [0.717, 1.165) is 38.2 Å². The monoisotopic (exact) mass is 372 g/mol. The summed E-state index contributed by atoms with van der Waals surface area (Å²) in [6.07, 6.45) is 6.04. The van der Waals surface area contributed by atoms with Crippen LogP contribution in [0.4, 0.5) is 0 Å². The number of nitrogens with zero attached hydrogens (tertiary/aromatic N) is 2. The predicted molar refractivity (Wildman–Crippen MR) is 110 cm³/mol. The van der Waals surface area contributed by atoms with Crippen molar-refractivity contribution in [2.45, 2.75) is 64.5 Å². The van der Waals surface area contributed by atoms with Crippen LogP contribution in [0.2, 0.25) is 0 Å². The maximum atomic E-state index is 12.3. The summed E-state index contributed by atoms with van der Waals surface area (Å²) in [5.74, 6) is -0.183. The minimum absolute atomic E-state index is 0.161. The molecule has 2 fully saturated rings. The molecule has 150 valence electrons. The van der Waals surface area contributed by atoms with Gasteiger partial charge in [-0.3, -0.25) is 4.79 Å². The molecule has 3 atom stereocenters. The van der Waals surface area contributed by atoms with E-state index in [2.05, 4.69) is 55.0 Å². The number of ether oxygens (including phenoxy) is 1.